The maximum Gasteiger partial charge on any atom is 0.318 e. The minimum absolute atomic E-state index is 0.0430. The van der Waals surface area contributed by atoms with Crippen LogP contribution in [0.5, 0.6) is 0 Å². The molecule has 0 aromatic carbocycles. The van der Waals surface area contributed by atoms with Crippen molar-refractivity contribution in [3.05, 3.63) is 0 Å². The molecule has 0 spiro atoms. The third-order valence-corrected chi connectivity index (χ3v) is 3.16. The lowest BCUT2D eigenvalue weighted by atomic mass is 9.88. The highest BCUT2D eigenvalue weighted by Crippen LogP contribution is 2.31. The van der Waals surface area contributed by atoms with Crippen LogP contribution in [0.2, 0.25) is 0 Å². The maximum absolute atomic E-state index is 11.6. The summed E-state index contributed by atoms with van der Waals surface area (Å²) in [4.78, 5) is 36.1. The highest BCUT2D eigenvalue weighted by Gasteiger charge is 2.47. The Morgan fingerprint density at radius 2 is 2.13 bits per heavy atom. The van der Waals surface area contributed by atoms with E-state index in [0.29, 0.717) is 19.4 Å². The lowest BCUT2D eigenvalue weighted by Gasteiger charge is -2.33. The zero-order chi connectivity index (χ0) is 11.0. The molecule has 82 valence electrons. The molecule has 0 aliphatic carbocycles. The number of carbonyl (C=O) groups is 3. The van der Waals surface area contributed by atoms with Crippen LogP contribution in [0.15, 0.2) is 0 Å². The molecule has 0 N–H and O–H groups in total. The van der Waals surface area contributed by atoms with Crippen molar-refractivity contribution in [3.8, 4) is 0 Å². The Morgan fingerprint density at radius 1 is 1.40 bits per heavy atom. The van der Waals surface area contributed by atoms with Crippen LogP contribution in [0, 0.1) is 5.92 Å². The zero-order valence-electron chi connectivity index (χ0n) is 8.56. The Labute approximate surface area is 87.4 Å². The van der Waals surface area contributed by atoms with Crippen LogP contribution >= 0.6 is 0 Å². The molecule has 0 radical (unpaired) electrons. The van der Waals surface area contributed by atoms with E-state index in [1.54, 1.807) is 4.90 Å². The Balaban J connectivity index is 2.23. The van der Waals surface area contributed by atoms with Crippen molar-refractivity contribution in [1.29, 1.82) is 0 Å². The van der Waals surface area contributed by atoms with Gasteiger partial charge in [0.15, 0.2) is 5.78 Å². The van der Waals surface area contributed by atoms with Crippen molar-refractivity contribution in [3.63, 3.8) is 0 Å². The van der Waals surface area contributed by atoms with Gasteiger partial charge in [0.25, 0.3) is 0 Å². The molecule has 2 fully saturated rings. The van der Waals surface area contributed by atoms with Gasteiger partial charge in [0.05, 0.1) is 13.2 Å². The van der Waals surface area contributed by atoms with Gasteiger partial charge >= 0.3 is 5.97 Å². The van der Waals surface area contributed by atoms with E-state index in [-0.39, 0.29) is 24.2 Å². The number of methoxy groups -OCH3 is 1. The van der Waals surface area contributed by atoms with Gasteiger partial charge in [-0.05, 0) is 6.42 Å². The maximum atomic E-state index is 11.6. The first-order chi connectivity index (χ1) is 7.15. The largest absolute Gasteiger partial charge is 0.468 e. The highest BCUT2D eigenvalue weighted by atomic mass is 16.5. The number of ether oxygens (including phenoxy) is 1. The molecule has 2 unspecified atom stereocenters. The molecule has 0 aromatic heterocycles. The lowest BCUT2D eigenvalue weighted by Crippen LogP contribution is -2.50. The quantitative estimate of drug-likeness (QED) is 0.443. The lowest BCUT2D eigenvalue weighted by molar-refractivity contribution is -0.155. The number of Topliss-reactive ketones (excluding diaryl/α,β-unsaturated/α-hetero) is 1. The number of carbonyl (C=O) groups excluding carboxylic acids is 3. The van der Waals surface area contributed by atoms with Gasteiger partial charge in [-0.2, -0.15) is 0 Å². The second-order valence-electron chi connectivity index (χ2n) is 3.91. The average Bonchev–Trinajstić information content (AvgIpc) is 2.59. The van der Waals surface area contributed by atoms with Crippen LogP contribution in [0.3, 0.4) is 0 Å². The predicted molar refractivity (Wildman–Crippen MR) is 49.9 cm³/mol. The van der Waals surface area contributed by atoms with Crippen molar-refractivity contribution in [1.82, 2.24) is 4.90 Å². The molecule has 5 heteroatoms. The number of nitrogens with zero attached hydrogens (tertiary/aromatic N) is 1. The van der Waals surface area contributed by atoms with E-state index < -0.39 is 11.9 Å². The molecule has 2 heterocycles. The van der Waals surface area contributed by atoms with Gasteiger partial charge in [0.1, 0.15) is 5.92 Å². The third kappa shape index (κ3) is 1.52. The molecule has 0 aromatic rings. The molecule has 2 saturated heterocycles. The Bertz CT molecular complexity index is 317. The fraction of sp³-hybridized carbons (Fsp3) is 0.700. The molecule has 2 rings (SSSR count). The molecule has 0 saturated carbocycles. The Hall–Kier alpha value is -1.39. The first kappa shape index (κ1) is 10.1. The van der Waals surface area contributed by atoms with Crippen LogP contribution in [0.25, 0.3) is 0 Å². The predicted octanol–water partition coefficient (Wildman–Crippen LogP) is -0.261. The molecule has 2 aliphatic heterocycles. The molecule has 0 bridgehead atoms. The van der Waals surface area contributed by atoms with Gasteiger partial charge in [0.2, 0.25) is 5.91 Å². The molecular weight excluding hydrogens is 198 g/mol. The summed E-state index contributed by atoms with van der Waals surface area (Å²) in [5.74, 6) is -1.32. The first-order valence-electron chi connectivity index (χ1n) is 5.05. The SMILES string of the molecule is COC(=O)C1C(=O)CCN2C(=O)CCC12. The second-order valence-corrected chi connectivity index (χ2v) is 3.91. The first-order valence-corrected chi connectivity index (χ1v) is 5.05. The Kier molecular flexibility index (Phi) is 2.46. The van der Waals surface area contributed by atoms with Crippen molar-refractivity contribution in [2.75, 3.05) is 13.7 Å². The average molecular weight is 211 g/mol. The smallest absolute Gasteiger partial charge is 0.318 e. The molecule has 1 amide bonds. The van der Waals surface area contributed by atoms with Gasteiger partial charge in [-0.1, -0.05) is 0 Å². The summed E-state index contributed by atoms with van der Waals surface area (Å²) in [6.45, 7) is 0.454. The van der Waals surface area contributed by atoms with Crippen molar-refractivity contribution >= 4 is 17.7 Å². The molecule has 2 aliphatic rings. The normalized spacial score (nSPS) is 30.3. The number of hydrogen-bond donors (Lipinski definition) is 0. The van der Waals surface area contributed by atoms with E-state index in [2.05, 4.69) is 4.74 Å². The number of rotatable bonds is 1. The molecule has 5 nitrogen and oxygen atoms in total. The summed E-state index contributed by atoms with van der Waals surface area (Å²) in [5.41, 5.74) is 0. The third-order valence-electron chi connectivity index (χ3n) is 3.16. The van der Waals surface area contributed by atoms with Gasteiger partial charge in [-0.25, -0.2) is 0 Å². The van der Waals surface area contributed by atoms with E-state index in [9.17, 15) is 14.4 Å². The topological polar surface area (TPSA) is 63.7 Å². The molecule has 15 heavy (non-hydrogen) atoms. The van der Waals surface area contributed by atoms with Crippen LogP contribution in [0.4, 0.5) is 0 Å². The fourth-order valence-electron chi connectivity index (χ4n) is 2.41. The summed E-state index contributed by atoms with van der Waals surface area (Å²) in [7, 11) is 1.27. The monoisotopic (exact) mass is 211 g/mol. The highest BCUT2D eigenvalue weighted by molar-refractivity contribution is 6.02. The van der Waals surface area contributed by atoms with E-state index in [1.165, 1.54) is 7.11 Å². The molecular formula is C10H13NO4. The number of piperidine rings is 1. The summed E-state index contributed by atoms with van der Waals surface area (Å²) in [5, 5.41) is 0. The van der Waals surface area contributed by atoms with Crippen LogP contribution < -0.4 is 0 Å². The number of esters is 1. The summed E-state index contributed by atoms with van der Waals surface area (Å²) >= 11 is 0. The second kappa shape index (κ2) is 3.64. The van der Waals surface area contributed by atoms with Crippen LogP contribution in [0.1, 0.15) is 19.3 Å². The van der Waals surface area contributed by atoms with E-state index in [1.807, 2.05) is 0 Å². The number of hydrogen-bond acceptors (Lipinski definition) is 4. The minimum atomic E-state index is -0.754. The number of ketones is 1. The molecule has 2 atom stereocenters. The summed E-state index contributed by atoms with van der Waals surface area (Å²) in [6, 6.07) is -0.258. The Morgan fingerprint density at radius 3 is 2.80 bits per heavy atom. The van der Waals surface area contributed by atoms with Gasteiger partial charge < -0.3 is 9.64 Å². The number of amides is 1. The zero-order valence-corrected chi connectivity index (χ0v) is 8.56. The van der Waals surface area contributed by atoms with E-state index in [4.69, 9.17) is 0 Å². The van der Waals surface area contributed by atoms with Crippen LogP contribution in [-0.2, 0) is 19.1 Å². The minimum Gasteiger partial charge on any atom is -0.468 e. The van der Waals surface area contributed by atoms with Crippen molar-refractivity contribution < 1.29 is 19.1 Å². The van der Waals surface area contributed by atoms with Crippen LogP contribution in [-0.4, -0.2) is 42.3 Å². The number of fused-ring (bicyclic) bond motifs is 1. The summed E-state index contributed by atoms with van der Waals surface area (Å²) in [6.07, 6.45) is 1.29. The van der Waals surface area contributed by atoms with Crippen molar-refractivity contribution in [2.24, 2.45) is 5.92 Å². The van der Waals surface area contributed by atoms with Gasteiger partial charge in [-0.3, -0.25) is 14.4 Å². The van der Waals surface area contributed by atoms with Gasteiger partial charge in [0, 0.05) is 19.4 Å². The standard InChI is InChI=1S/C10H13NO4/c1-15-10(14)9-6-2-3-8(13)11(6)5-4-7(9)12/h6,9H,2-5H2,1H3. The summed E-state index contributed by atoms with van der Waals surface area (Å²) < 4.78 is 4.61. The van der Waals surface area contributed by atoms with E-state index in [0.717, 1.165) is 0 Å². The van der Waals surface area contributed by atoms with E-state index >= 15 is 0 Å². The fourth-order valence-corrected chi connectivity index (χ4v) is 2.41. The van der Waals surface area contributed by atoms with Gasteiger partial charge in [-0.15, -0.1) is 0 Å². The van der Waals surface area contributed by atoms with Crippen molar-refractivity contribution in [2.45, 2.75) is 25.3 Å².